The molecule has 50 heavy (non-hydrogen) atoms. The Kier molecular flexibility index (Phi) is 4.83. The van der Waals surface area contributed by atoms with Crippen molar-refractivity contribution < 1.29 is 15.4 Å². The molecule has 5 nitrogen and oxygen atoms in total. The smallest absolute Gasteiger partial charge is 0.164 e. The summed E-state index contributed by atoms with van der Waals surface area (Å²) in [6.07, 6.45) is 0. The number of furan rings is 1. The molecule has 0 fully saturated rings. The lowest BCUT2D eigenvalue weighted by molar-refractivity contribution is 0.670. The van der Waals surface area contributed by atoms with Crippen molar-refractivity contribution in [2.45, 2.75) is 0 Å². The van der Waals surface area contributed by atoms with E-state index in [9.17, 15) is 0 Å². The minimum Gasteiger partial charge on any atom is -0.455 e. The molecule has 10 aromatic rings. The van der Waals surface area contributed by atoms with E-state index >= 15 is 0 Å². The van der Waals surface area contributed by atoms with Crippen molar-refractivity contribution in [3.63, 3.8) is 0 Å². The van der Waals surface area contributed by atoms with Crippen LogP contribution in [-0.2, 0) is 0 Å². The highest BCUT2D eigenvalue weighted by atomic mass is 16.3. The first kappa shape index (κ1) is 21.2. The second-order valence-electron chi connectivity index (χ2n) is 11.9. The normalized spacial score (nSPS) is 13.8. The zero-order valence-electron chi connectivity index (χ0n) is 34.2. The molecule has 0 atom stereocenters. The minimum atomic E-state index is -0.494. The van der Waals surface area contributed by atoms with E-state index < -0.39 is 24.2 Å². The van der Waals surface area contributed by atoms with Crippen LogP contribution >= 0.6 is 0 Å². The fraction of sp³-hybridized carbons (Fsp3) is 0. The lowest BCUT2D eigenvalue weighted by Crippen LogP contribution is -2.00. The molecular formula is C45H28N4O. The highest BCUT2D eigenvalue weighted by molar-refractivity contribution is 6.13. The largest absolute Gasteiger partial charge is 0.455 e. The molecule has 0 N–H and O–H groups in total. The van der Waals surface area contributed by atoms with E-state index in [0.29, 0.717) is 50.8 Å². The van der Waals surface area contributed by atoms with E-state index in [1.54, 1.807) is 0 Å². The molecule has 3 heterocycles. The molecule has 0 unspecified atom stereocenters. The van der Waals surface area contributed by atoms with E-state index in [4.69, 9.17) is 30.3 Å². The number of fused-ring (bicyclic) bond motifs is 6. The van der Waals surface area contributed by atoms with Crippen molar-refractivity contribution in [2.24, 2.45) is 0 Å². The summed E-state index contributed by atoms with van der Waals surface area (Å²) in [5.41, 5.74) is 5.44. The van der Waals surface area contributed by atoms with Crippen LogP contribution in [0.5, 0.6) is 0 Å². The monoisotopic (exact) mass is 648 g/mol. The van der Waals surface area contributed by atoms with Crippen LogP contribution in [0.15, 0.2) is 174 Å². The highest BCUT2D eigenvalue weighted by Gasteiger charge is 2.19. The maximum absolute atomic E-state index is 9.06. The van der Waals surface area contributed by atoms with Crippen LogP contribution < -0.4 is 0 Å². The molecule has 0 saturated heterocycles. The molecule has 0 amide bonds. The zero-order valence-corrected chi connectivity index (χ0v) is 26.2. The maximum Gasteiger partial charge on any atom is 0.164 e. The summed E-state index contributed by atoms with van der Waals surface area (Å²) in [6, 6.07) is 34.9. The molecular weight excluding hydrogens is 613 g/mol. The summed E-state index contributed by atoms with van der Waals surface area (Å²) in [4.78, 5) is 14.6. The second kappa shape index (κ2) is 11.4. The molecule has 0 aliphatic heterocycles. The van der Waals surface area contributed by atoms with Gasteiger partial charge in [0.2, 0.25) is 0 Å². The number of nitrogens with zero attached hydrogens (tertiary/aromatic N) is 4. The topological polar surface area (TPSA) is 56.7 Å². The molecule has 0 aliphatic carbocycles. The van der Waals surface area contributed by atoms with Gasteiger partial charge in [-0.1, -0.05) is 133 Å². The number of rotatable bonds is 5. The average Bonchev–Trinajstić information content (AvgIpc) is 3.83. The van der Waals surface area contributed by atoms with Gasteiger partial charge in [0.15, 0.2) is 17.5 Å². The molecule has 0 bridgehead atoms. The summed E-state index contributed by atoms with van der Waals surface area (Å²) in [5, 5.41) is 1.44. The lowest BCUT2D eigenvalue weighted by Gasteiger charge is -2.11. The van der Waals surface area contributed by atoms with Gasteiger partial charge in [0.25, 0.3) is 0 Å². The van der Waals surface area contributed by atoms with E-state index in [-0.39, 0.29) is 46.0 Å². The molecule has 0 saturated carbocycles. The van der Waals surface area contributed by atoms with Crippen LogP contribution in [0.25, 0.3) is 94.7 Å². The number of benzene rings is 7. The second-order valence-corrected chi connectivity index (χ2v) is 11.9. The Balaban J connectivity index is 1.26. The lowest BCUT2D eigenvalue weighted by atomic mass is 10.0. The standard InChI is InChI=1S/C45H28N4O/c1-4-14-29(15-5-1)37-27-33(49-39-22-12-10-20-34(39)35-21-11-13-23-40(35)49)28-38-36-25-24-32(26-41(36)50-42(37)38)45-47-43(30-16-6-2-7-17-30)46-44(48-45)31-18-8-3-9-19-31/h1-28H/i10D,11D,12D,13D,20D,21D,22D,23D. The molecule has 234 valence electrons. The van der Waals surface area contributed by atoms with Gasteiger partial charge in [-0.2, -0.15) is 0 Å². The van der Waals surface area contributed by atoms with Gasteiger partial charge in [0.05, 0.1) is 22.0 Å². The van der Waals surface area contributed by atoms with Crippen LogP contribution in [0, 0.1) is 0 Å². The van der Waals surface area contributed by atoms with Gasteiger partial charge < -0.3 is 8.98 Å². The van der Waals surface area contributed by atoms with Crippen LogP contribution in [0.1, 0.15) is 11.0 Å². The van der Waals surface area contributed by atoms with Crippen molar-refractivity contribution in [1.82, 2.24) is 19.5 Å². The summed E-state index contributed by atoms with van der Waals surface area (Å²) in [5.74, 6) is 1.49. The summed E-state index contributed by atoms with van der Waals surface area (Å²) in [6.45, 7) is 0. The van der Waals surface area contributed by atoms with Crippen molar-refractivity contribution in [3.8, 4) is 51.0 Å². The van der Waals surface area contributed by atoms with E-state index in [0.717, 1.165) is 22.1 Å². The Labute approximate surface area is 299 Å². The number of hydrogen-bond donors (Lipinski definition) is 0. The molecule has 5 heteroatoms. The molecule has 0 radical (unpaired) electrons. The van der Waals surface area contributed by atoms with Crippen LogP contribution in [0.3, 0.4) is 0 Å². The third-order valence-corrected chi connectivity index (χ3v) is 8.89. The maximum atomic E-state index is 9.06. The summed E-state index contributed by atoms with van der Waals surface area (Å²) in [7, 11) is 0. The molecule has 0 spiro atoms. The Hall–Kier alpha value is -6.85. The van der Waals surface area contributed by atoms with Gasteiger partial charge in [-0.05, 0) is 41.9 Å². The van der Waals surface area contributed by atoms with Gasteiger partial charge in [-0.3, -0.25) is 0 Å². The van der Waals surface area contributed by atoms with Crippen molar-refractivity contribution in [1.29, 1.82) is 0 Å². The van der Waals surface area contributed by atoms with E-state index in [1.165, 1.54) is 4.57 Å². The molecule has 7 aromatic carbocycles. The fourth-order valence-electron chi connectivity index (χ4n) is 6.58. The van der Waals surface area contributed by atoms with Crippen LogP contribution in [-0.4, -0.2) is 19.5 Å². The predicted molar refractivity (Wildman–Crippen MR) is 203 cm³/mol. The highest BCUT2D eigenvalue weighted by Crippen LogP contribution is 2.41. The Morgan fingerprint density at radius 3 is 1.56 bits per heavy atom. The molecule has 0 aliphatic rings. The third-order valence-electron chi connectivity index (χ3n) is 8.89. The molecule has 10 rings (SSSR count). The quantitative estimate of drug-likeness (QED) is 0.186. The Morgan fingerprint density at radius 1 is 0.460 bits per heavy atom. The van der Waals surface area contributed by atoms with E-state index in [2.05, 4.69) is 0 Å². The van der Waals surface area contributed by atoms with Gasteiger partial charge in [0.1, 0.15) is 11.2 Å². The van der Waals surface area contributed by atoms with Gasteiger partial charge in [-0.15, -0.1) is 0 Å². The summed E-state index contributed by atoms with van der Waals surface area (Å²) < 4.78 is 78.3. The SMILES string of the molecule is [2H]c1c([2H])c([2H])c2c(c1[2H])c1c([2H])c([2H])c([2H])c([2H])c1n2-c1cc(-c2ccccc2)c2oc3cc(-c4nc(-c5ccccc5)nc(-c5ccccc5)n4)ccc3c2c1. The minimum absolute atomic E-state index is 0.0122. The number of aromatic nitrogens is 4. The van der Waals surface area contributed by atoms with Crippen molar-refractivity contribution in [2.75, 3.05) is 0 Å². The first-order valence-corrected chi connectivity index (χ1v) is 16.0. The van der Waals surface area contributed by atoms with Gasteiger partial charge in [-0.25, -0.2) is 15.0 Å². The third kappa shape index (κ3) is 4.60. The fourth-order valence-corrected chi connectivity index (χ4v) is 6.58. The van der Waals surface area contributed by atoms with Crippen LogP contribution in [0.4, 0.5) is 0 Å². The Bertz CT molecular complexity index is 3180. The predicted octanol–water partition coefficient (Wildman–Crippen LogP) is 11.5. The van der Waals surface area contributed by atoms with Crippen molar-refractivity contribution in [3.05, 3.63) is 170 Å². The Morgan fingerprint density at radius 2 is 0.980 bits per heavy atom. The van der Waals surface area contributed by atoms with Crippen molar-refractivity contribution >= 4 is 43.7 Å². The average molecular weight is 649 g/mol. The van der Waals surface area contributed by atoms with Crippen LogP contribution in [0.2, 0.25) is 0 Å². The first-order chi connectivity index (χ1) is 28.1. The van der Waals surface area contributed by atoms with Gasteiger partial charge >= 0.3 is 0 Å². The van der Waals surface area contributed by atoms with E-state index in [1.807, 2.05) is 121 Å². The number of hydrogen-bond acceptors (Lipinski definition) is 4. The summed E-state index contributed by atoms with van der Waals surface area (Å²) >= 11 is 0. The van der Waals surface area contributed by atoms with Gasteiger partial charge in [0, 0.05) is 49.5 Å². The molecule has 3 aromatic heterocycles. The number of para-hydroxylation sites is 2. The zero-order chi connectivity index (χ0) is 40.0. The first-order valence-electron chi connectivity index (χ1n) is 20.0.